The van der Waals surface area contributed by atoms with Gasteiger partial charge >= 0.3 is 5.97 Å². The number of esters is 1. The minimum atomic E-state index is -4.15. The highest BCUT2D eigenvalue weighted by Gasteiger charge is 2.29. The molecule has 0 N–H and O–H groups in total. The zero-order valence-electron chi connectivity index (χ0n) is 10.9. The molecule has 0 atom stereocenters. The summed E-state index contributed by atoms with van der Waals surface area (Å²) in [6, 6.07) is 3.29. The number of ether oxygens (including phenoxy) is 2. The lowest BCUT2D eigenvalue weighted by Gasteiger charge is -2.06. The van der Waals surface area contributed by atoms with Crippen molar-refractivity contribution >= 4 is 21.5 Å². The highest BCUT2D eigenvalue weighted by Crippen LogP contribution is 2.29. The molecule has 0 aliphatic heterocycles. The van der Waals surface area contributed by atoms with Crippen molar-refractivity contribution in [3.63, 3.8) is 0 Å². The second kappa shape index (κ2) is 6.33. The normalized spacial score (nSPS) is 10.9. The third-order valence-electron chi connectivity index (χ3n) is 2.31. The van der Waals surface area contributed by atoms with Crippen molar-refractivity contribution in [2.45, 2.75) is 11.8 Å². The van der Waals surface area contributed by atoms with Gasteiger partial charge in [-0.25, -0.2) is 8.42 Å². The molecule has 0 heterocycles. The molecule has 1 aromatic rings. The molecule has 8 nitrogen and oxygen atoms in total. The van der Waals surface area contributed by atoms with Gasteiger partial charge in [0.2, 0.25) is 0 Å². The average molecular weight is 303 g/mol. The molecule has 9 heteroatoms. The van der Waals surface area contributed by atoms with Gasteiger partial charge in [-0.15, -0.1) is 0 Å². The van der Waals surface area contributed by atoms with Gasteiger partial charge in [0, 0.05) is 0 Å². The first-order valence-corrected chi connectivity index (χ1v) is 7.18. The molecule has 0 bridgehead atoms. The molecule has 1 aromatic carbocycles. The zero-order valence-corrected chi connectivity index (χ0v) is 11.7. The Labute approximate surface area is 115 Å². The van der Waals surface area contributed by atoms with E-state index < -0.39 is 37.1 Å². The largest absolute Gasteiger partial charge is 0.497 e. The summed E-state index contributed by atoms with van der Waals surface area (Å²) in [5.74, 6) is -1.77. The first-order chi connectivity index (χ1) is 9.31. The van der Waals surface area contributed by atoms with Crippen LogP contribution in [0.1, 0.15) is 6.92 Å². The van der Waals surface area contributed by atoms with Gasteiger partial charge in [-0.1, -0.05) is 0 Å². The average Bonchev–Trinajstić information content (AvgIpc) is 2.37. The van der Waals surface area contributed by atoms with E-state index in [4.69, 9.17) is 4.74 Å². The lowest BCUT2D eigenvalue weighted by atomic mass is 10.3. The summed E-state index contributed by atoms with van der Waals surface area (Å²) in [5.41, 5.74) is -0.645. The Hall–Kier alpha value is -2.16. The fourth-order valence-electron chi connectivity index (χ4n) is 1.47. The highest BCUT2D eigenvalue weighted by atomic mass is 32.2. The molecule has 0 radical (unpaired) electrons. The summed E-state index contributed by atoms with van der Waals surface area (Å²) < 4.78 is 33.3. The monoisotopic (exact) mass is 303 g/mol. The third kappa shape index (κ3) is 3.67. The van der Waals surface area contributed by atoms with Crippen LogP contribution < -0.4 is 4.74 Å². The molecule has 110 valence electrons. The summed E-state index contributed by atoms with van der Waals surface area (Å²) in [5, 5.41) is 10.9. The number of benzene rings is 1. The molecule has 0 fully saturated rings. The first kappa shape index (κ1) is 15.9. The van der Waals surface area contributed by atoms with Gasteiger partial charge in [0.1, 0.15) is 10.6 Å². The van der Waals surface area contributed by atoms with Gasteiger partial charge in [-0.2, -0.15) is 0 Å². The van der Waals surface area contributed by atoms with E-state index in [2.05, 4.69) is 4.74 Å². The second-order valence-electron chi connectivity index (χ2n) is 3.65. The topological polar surface area (TPSA) is 113 Å². The van der Waals surface area contributed by atoms with E-state index in [9.17, 15) is 23.3 Å². The lowest BCUT2D eigenvalue weighted by molar-refractivity contribution is -0.387. The van der Waals surface area contributed by atoms with E-state index >= 15 is 0 Å². The number of sulfone groups is 1. The lowest BCUT2D eigenvalue weighted by Crippen LogP contribution is -2.19. The van der Waals surface area contributed by atoms with E-state index in [1.54, 1.807) is 0 Å². The SMILES string of the molecule is CCOC(=O)CS(=O)(=O)c1ccc(OC)cc1[N+](=O)[O-]. The molecular weight excluding hydrogens is 290 g/mol. The van der Waals surface area contributed by atoms with Gasteiger partial charge in [-0.05, 0) is 19.1 Å². The van der Waals surface area contributed by atoms with Crippen molar-refractivity contribution in [1.82, 2.24) is 0 Å². The molecule has 0 unspecified atom stereocenters. The molecule has 0 saturated carbocycles. The van der Waals surface area contributed by atoms with E-state index in [1.807, 2.05) is 0 Å². The Morgan fingerprint density at radius 1 is 1.40 bits per heavy atom. The number of carbonyl (C=O) groups is 1. The maximum Gasteiger partial charge on any atom is 0.321 e. The van der Waals surface area contributed by atoms with Crippen LogP contribution in [0.15, 0.2) is 23.1 Å². The number of nitro groups is 1. The molecule has 1 rings (SSSR count). The molecule has 20 heavy (non-hydrogen) atoms. The predicted octanol–water partition coefficient (Wildman–Crippen LogP) is 0.940. The third-order valence-corrected chi connectivity index (χ3v) is 3.94. The van der Waals surface area contributed by atoms with Crippen LogP contribution in [0.25, 0.3) is 0 Å². The Morgan fingerprint density at radius 3 is 2.55 bits per heavy atom. The Morgan fingerprint density at radius 2 is 2.05 bits per heavy atom. The maximum atomic E-state index is 12.0. The van der Waals surface area contributed by atoms with Crippen molar-refractivity contribution in [2.75, 3.05) is 19.5 Å². The molecule has 0 amide bonds. The van der Waals surface area contributed by atoms with Gasteiger partial charge in [0.25, 0.3) is 5.69 Å². The summed E-state index contributed by atoms with van der Waals surface area (Å²) in [6.45, 7) is 1.55. The molecule has 0 spiro atoms. The predicted molar refractivity (Wildman–Crippen MR) is 68.3 cm³/mol. The van der Waals surface area contributed by atoms with Crippen LogP contribution in [0.5, 0.6) is 5.75 Å². The van der Waals surface area contributed by atoms with Gasteiger partial charge in [-0.3, -0.25) is 14.9 Å². The summed E-state index contributed by atoms with van der Waals surface area (Å²) in [4.78, 5) is 20.8. The van der Waals surface area contributed by atoms with Crippen molar-refractivity contribution in [1.29, 1.82) is 0 Å². The number of nitrogens with zero attached hydrogens (tertiary/aromatic N) is 1. The second-order valence-corrected chi connectivity index (χ2v) is 5.61. The molecule has 0 saturated heterocycles. The summed E-state index contributed by atoms with van der Waals surface area (Å²) in [7, 11) is -2.86. The smallest absolute Gasteiger partial charge is 0.321 e. The minimum Gasteiger partial charge on any atom is -0.497 e. The van der Waals surface area contributed by atoms with E-state index in [-0.39, 0.29) is 12.4 Å². The van der Waals surface area contributed by atoms with E-state index in [0.717, 1.165) is 12.1 Å². The number of rotatable bonds is 6. The van der Waals surface area contributed by atoms with Crippen LogP contribution in [0, 0.1) is 10.1 Å². The van der Waals surface area contributed by atoms with Crippen LogP contribution in [0.4, 0.5) is 5.69 Å². The molecule has 0 aliphatic carbocycles. The quantitative estimate of drug-likeness (QED) is 0.436. The zero-order chi connectivity index (χ0) is 15.3. The number of hydrogen-bond donors (Lipinski definition) is 0. The van der Waals surface area contributed by atoms with Crippen molar-refractivity contribution < 1.29 is 27.6 Å². The molecular formula is C11H13NO7S. The number of carbonyl (C=O) groups excluding carboxylic acids is 1. The molecule has 0 aliphatic rings. The first-order valence-electron chi connectivity index (χ1n) is 5.52. The van der Waals surface area contributed by atoms with Gasteiger partial charge in [0.15, 0.2) is 15.6 Å². The standard InChI is InChI=1S/C11H13NO7S/c1-3-19-11(13)7-20(16,17)10-5-4-8(18-2)6-9(10)12(14)15/h4-6H,3,7H2,1-2H3. The number of nitro benzene ring substituents is 1. The van der Waals surface area contributed by atoms with Crippen molar-refractivity contribution in [2.24, 2.45) is 0 Å². The summed E-state index contributed by atoms with van der Waals surface area (Å²) >= 11 is 0. The fraction of sp³-hybridized carbons (Fsp3) is 0.364. The maximum absolute atomic E-state index is 12.0. The summed E-state index contributed by atoms with van der Waals surface area (Å²) in [6.07, 6.45) is 0. The number of hydrogen-bond acceptors (Lipinski definition) is 7. The number of methoxy groups -OCH3 is 1. The Balaban J connectivity index is 3.24. The van der Waals surface area contributed by atoms with Crippen LogP contribution in [0.3, 0.4) is 0 Å². The van der Waals surface area contributed by atoms with Crippen molar-refractivity contribution in [3.8, 4) is 5.75 Å². The Kier molecular flexibility index (Phi) is 5.03. The van der Waals surface area contributed by atoms with Gasteiger partial charge in [0.05, 0.1) is 24.7 Å². The highest BCUT2D eigenvalue weighted by molar-refractivity contribution is 7.92. The van der Waals surface area contributed by atoms with Crippen LogP contribution in [-0.4, -0.2) is 38.8 Å². The fourth-order valence-corrected chi connectivity index (χ4v) is 2.74. The van der Waals surface area contributed by atoms with Gasteiger partial charge < -0.3 is 9.47 Å². The molecule has 0 aromatic heterocycles. The van der Waals surface area contributed by atoms with Crippen LogP contribution in [0.2, 0.25) is 0 Å². The minimum absolute atomic E-state index is 0.0268. The van der Waals surface area contributed by atoms with Crippen molar-refractivity contribution in [3.05, 3.63) is 28.3 Å². The Bertz CT molecular complexity index is 624. The van der Waals surface area contributed by atoms with E-state index in [1.165, 1.54) is 20.1 Å². The van der Waals surface area contributed by atoms with Crippen LogP contribution in [-0.2, 0) is 19.4 Å². The van der Waals surface area contributed by atoms with E-state index in [0.29, 0.717) is 0 Å². The van der Waals surface area contributed by atoms with Crippen LogP contribution >= 0.6 is 0 Å².